The standard InChI is InChI=1S/C26H31N5O3/c1-20-27-11-13-30(20)25-6-2-4-23(28-25)24-5-3-12-31(24)26(32)21-7-9-22(10-8-21)34-19-16-29-14-17-33-18-15-29/h2,4,6-11,13,24H,3,5,12,14-19H2,1H3. The summed E-state index contributed by atoms with van der Waals surface area (Å²) in [5.74, 6) is 2.53. The molecule has 34 heavy (non-hydrogen) atoms. The highest BCUT2D eigenvalue weighted by Crippen LogP contribution is 2.32. The first kappa shape index (κ1) is 22.6. The molecule has 0 spiro atoms. The van der Waals surface area contributed by atoms with Crippen LogP contribution in [-0.2, 0) is 4.74 Å². The fraction of sp³-hybridized carbons (Fsp3) is 0.423. The van der Waals surface area contributed by atoms with Gasteiger partial charge in [-0.2, -0.15) is 0 Å². The maximum Gasteiger partial charge on any atom is 0.254 e. The van der Waals surface area contributed by atoms with Crippen molar-refractivity contribution in [3.63, 3.8) is 0 Å². The van der Waals surface area contributed by atoms with E-state index in [2.05, 4.69) is 9.88 Å². The highest BCUT2D eigenvalue weighted by molar-refractivity contribution is 5.94. The number of carbonyl (C=O) groups is 1. The number of aromatic nitrogens is 3. The van der Waals surface area contributed by atoms with Gasteiger partial charge in [0.2, 0.25) is 0 Å². The number of nitrogens with zero attached hydrogens (tertiary/aromatic N) is 5. The quantitative estimate of drug-likeness (QED) is 0.538. The summed E-state index contributed by atoms with van der Waals surface area (Å²) >= 11 is 0. The first-order chi connectivity index (χ1) is 16.7. The number of hydrogen-bond donors (Lipinski definition) is 0. The van der Waals surface area contributed by atoms with Crippen LogP contribution in [0.15, 0.2) is 54.9 Å². The van der Waals surface area contributed by atoms with Crippen LogP contribution in [0.3, 0.4) is 0 Å². The van der Waals surface area contributed by atoms with E-state index >= 15 is 0 Å². The number of aryl methyl sites for hydroxylation is 1. The van der Waals surface area contributed by atoms with Crippen molar-refractivity contribution in [1.29, 1.82) is 0 Å². The van der Waals surface area contributed by atoms with E-state index in [0.717, 1.165) is 75.3 Å². The van der Waals surface area contributed by atoms with Crippen molar-refractivity contribution in [3.8, 4) is 11.6 Å². The molecule has 1 unspecified atom stereocenters. The van der Waals surface area contributed by atoms with Crippen molar-refractivity contribution in [2.24, 2.45) is 0 Å². The van der Waals surface area contributed by atoms with Crippen LogP contribution in [-0.4, -0.2) is 76.2 Å². The summed E-state index contributed by atoms with van der Waals surface area (Å²) in [6.45, 7) is 7.67. The van der Waals surface area contributed by atoms with Crippen molar-refractivity contribution in [2.75, 3.05) is 46.0 Å². The highest BCUT2D eigenvalue weighted by Gasteiger charge is 2.31. The molecule has 178 valence electrons. The van der Waals surface area contributed by atoms with E-state index in [4.69, 9.17) is 14.5 Å². The van der Waals surface area contributed by atoms with Crippen molar-refractivity contribution in [3.05, 3.63) is 71.9 Å². The number of imidazole rings is 1. The molecule has 1 amide bonds. The minimum absolute atomic E-state index is 0.0271. The van der Waals surface area contributed by atoms with Gasteiger partial charge in [0.25, 0.3) is 5.91 Å². The van der Waals surface area contributed by atoms with Crippen molar-refractivity contribution in [2.45, 2.75) is 25.8 Å². The van der Waals surface area contributed by atoms with Gasteiger partial charge in [-0.25, -0.2) is 9.97 Å². The molecule has 0 radical (unpaired) electrons. The zero-order valence-corrected chi connectivity index (χ0v) is 19.6. The number of carbonyl (C=O) groups excluding carboxylic acids is 1. The maximum atomic E-state index is 13.4. The summed E-state index contributed by atoms with van der Waals surface area (Å²) in [6.07, 6.45) is 5.55. The van der Waals surface area contributed by atoms with E-state index in [9.17, 15) is 4.79 Å². The van der Waals surface area contributed by atoms with Gasteiger partial charge in [0.05, 0.1) is 24.9 Å². The molecular formula is C26H31N5O3. The van der Waals surface area contributed by atoms with Crippen LogP contribution in [0, 0.1) is 6.92 Å². The van der Waals surface area contributed by atoms with Crippen LogP contribution in [0.4, 0.5) is 0 Å². The Labute approximate surface area is 200 Å². The molecule has 0 N–H and O–H groups in total. The fourth-order valence-electron chi connectivity index (χ4n) is 4.67. The summed E-state index contributed by atoms with van der Waals surface area (Å²) in [5.41, 5.74) is 1.59. The maximum absolute atomic E-state index is 13.4. The monoisotopic (exact) mass is 461 g/mol. The van der Waals surface area contributed by atoms with Crippen LogP contribution in [0.2, 0.25) is 0 Å². The average Bonchev–Trinajstić information content (AvgIpc) is 3.54. The van der Waals surface area contributed by atoms with Crippen LogP contribution >= 0.6 is 0 Å². The predicted octanol–water partition coefficient (Wildman–Crippen LogP) is 3.26. The summed E-state index contributed by atoms with van der Waals surface area (Å²) in [5, 5.41) is 0. The van der Waals surface area contributed by atoms with Gasteiger partial charge in [0, 0.05) is 44.1 Å². The largest absolute Gasteiger partial charge is 0.492 e. The van der Waals surface area contributed by atoms with E-state index in [1.807, 2.05) is 65.1 Å². The number of benzene rings is 1. The lowest BCUT2D eigenvalue weighted by molar-refractivity contribution is 0.0322. The van der Waals surface area contributed by atoms with Gasteiger partial charge >= 0.3 is 0 Å². The first-order valence-corrected chi connectivity index (χ1v) is 12.0. The van der Waals surface area contributed by atoms with Crippen molar-refractivity contribution in [1.82, 2.24) is 24.3 Å². The lowest BCUT2D eigenvalue weighted by atomic mass is 10.1. The molecule has 2 fully saturated rings. The third-order valence-corrected chi connectivity index (χ3v) is 6.56. The molecule has 3 aromatic rings. The minimum atomic E-state index is -0.0271. The van der Waals surface area contributed by atoms with Gasteiger partial charge in [-0.15, -0.1) is 0 Å². The topological polar surface area (TPSA) is 72.7 Å². The Balaban J connectivity index is 1.23. The Morgan fingerprint density at radius 1 is 1.12 bits per heavy atom. The van der Waals surface area contributed by atoms with Crippen molar-refractivity contribution >= 4 is 5.91 Å². The number of likely N-dealkylation sites (tertiary alicyclic amines) is 1. The lowest BCUT2D eigenvalue weighted by Crippen LogP contribution is -2.38. The van der Waals surface area contributed by atoms with E-state index in [1.54, 1.807) is 6.20 Å². The molecule has 0 saturated carbocycles. The van der Waals surface area contributed by atoms with E-state index in [-0.39, 0.29) is 11.9 Å². The number of amides is 1. The average molecular weight is 462 g/mol. The zero-order chi connectivity index (χ0) is 23.3. The Morgan fingerprint density at radius 3 is 2.71 bits per heavy atom. The smallest absolute Gasteiger partial charge is 0.254 e. The second-order valence-corrected chi connectivity index (χ2v) is 8.75. The summed E-state index contributed by atoms with van der Waals surface area (Å²) < 4.78 is 13.2. The Kier molecular flexibility index (Phi) is 6.87. The van der Waals surface area contributed by atoms with Gasteiger partial charge in [-0.1, -0.05) is 6.07 Å². The molecule has 2 aliphatic heterocycles. The second kappa shape index (κ2) is 10.4. The number of pyridine rings is 1. The van der Waals surface area contributed by atoms with Gasteiger partial charge in [0.1, 0.15) is 24.0 Å². The molecule has 4 heterocycles. The van der Waals surface area contributed by atoms with Gasteiger partial charge in [0.15, 0.2) is 0 Å². The van der Waals surface area contributed by atoms with Crippen LogP contribution in [0.25, 0.3) is 5.82 Å². The van der Waals surface area contributed by atoms with Gasteiger partial charge in [-0.05, 0) is 56.2 Å². The minimum Gasteiger partial charge on any atom is -0.492 e. The van der Waals surface area contributed by atoms with Crippen LogP contribution < -0.4 is 4.74 Å². The SMILES string of the molecule is Cc1nccn1-c1cccc(C2CCCN2C(=O)c2ccc(OCCN3CCOCC3)cc2)n1. The first-order valence-electron chi connectivity index (χ1n) is 12.0. The van der Waals surface area contributed by atoms with E-state index in [0.29, 0.717) is 12.2 Å². The van der Waals surface area contributed by atoms with Gasteiger partial charge < -0.3 is 14.4 Å². The second-order valence-electron chi connectivity index (χ2n) is 8.75. The number of morpholine rings is 1. The summed E-state index contributed by atoms with van der Waals surface area (Å²) in [4.78, 5) is 26.8. The fourth-order valence-corrected chi connectivity index (χ4v) is 4.67. The number of hydrogen-bond acceptors (Lipinski definition) is 6. The Hall–Kier alpha value is -3.23. The van der Waals surface area contributed by atoms with Crippen LogP contribution in [0.1, 0.15) is 40.8 Å². The van der Waals surface area contributed by atoms with E-state index in [1.165, 1.54) is 0 Å². The molecule has 0 aliphatic carbocycles. The Morgan fingerprint density at radius 2 is 1.94 bits per heavy atom. The molecule has 0 bridgehead atoms. The molecule has 1 atom stereocenters. The van der Waals surface area contributed by atoms with Crippen LogP contribution in [0.5, 0.6) is 5.75 Å². The molecule has 5 rings (SSSR count). The third-order valence-electron chi connectivity index (χ3n) is 6.56. The van der Waals surface area contributed by atoms with E-state index < -0.39 is 0 Å². The summed E-state index contributed by atoms with van der Waals surface area (Å²) in [7, 11) is 0. The highest BCUT2D eigenvalue weighted by atomic mass is 16.5. The summed E-state index contributed by atoms with van der Waals surface area (Å²) in [6, 6.07) is 13.5. The van der Waals surface area contributed by atoms with Gasteiger partial charge in [-0.3, -0.25) is 14.3 Å². The Bertz CT molecular complexity index is 1110. The predicted molar refractivity (Wildman–Crippen MR) is 128 cm³/mol. The molecule has 8 nitrogen and oxygen atoms in total. The molecule has 8 heteroatoms. The third kappa shape index (κ3) is 4.98. The number of ether oxygens (including phenoxy) is 2. The molecule has 2 aromatic heterocycles. The zero-order valence-electron chi connectivity index (χ0n) is 19.6. The molecule has 2 saturated heterocycles. The van der Waals surface area contributed by atoms with Crippen molar-refractivity contribution < 1.29 is 14.3 Å². The lowest BCUT2D eigenvalue weighted by Gasteiger charge is -2.26. The molecule has 2 aliphatic rings. The molecular weight excluding hydrogens is 430 g/mol. The normalized spacial score (nSPS) is 18.9. The number of rotatable bonds is 7. The molecule has 1 aromatic carbocycles.